The van der Waals surface area contributed by atoms with E-state index in [4.69, 9.17) is 5.73 Å². The van der Waals surface area contributed by atoms with Crippen molar-refractivity contribution in [1.82, 2.24) is 4.90 Å². The molecule has 0 amide bonds. The highest BCUT2D eigenvalue weighted by atomic mass is 15.2. The molecule has 0 bridgehead atoms. The average Bonchev–Trinajstić information content (AvgIpc) is 2.84. The van der Waals surface area contributed by atoms with Crippen LogP contribution in [-0.4, -0.2) is 31.1 Å². The van der Waals surface area contributed by atoms with Crippen LogP contribution >= 0.6 is 0 Å². The molecule has 2 fully saturated rings. The lowest BCUT2D eigenvalue weighted by Gasteiger charge is -2.40. The number of hydrogen-bond donors (Lipinski definition) is 1. The summed E-state index contributed by atoms with van der Waals surface area (Å²) in [5.41, 5.74) is 7.19. The summed E-state index contributed by atoms with van der Waals surface area (Å²) in [6, 6.07) is 0. The molecule has 2 rings (SSSR count). The van der Waals surface area contributed by atoms with Crippen molar-refractivity contribution in [1.29, 1.82) is 0 Å². The van der Waals surface area contributed by atoms with Gasteiger partial charge < -0.3 is 10.6 Å². The van der Waals surface area contributed by atoms with E-state index in [1.54, 1.807) is 0 Å². The topological polar surface area (TPSA) is 29.3 Å². The van der Waals surface area contributed by atoms with E-state index in [9.17, 15) is 0 Å². The minimum Gasteiger partial charge on any atom is -0.330 e. The van der Waals surface area contributed by atoms with Crippen LogP contribution in [0.5, 0.6) is 0 Å². The number of likely N-dealkylation sites (tertiary alicyclic amines) is 1. The van der Waals surface area contributed by atoms with E-state index >= 15 is 0 Å². The molecule has 2 N–H and O–H groups in total. The lowest BCUT2D eigenvalue weighted by Crippen LogP contribution is -2.43. The highest BCUT2D eigenvalue weighted by molar-refractivity contribution is 4.93. The molecule has 1 saturated heterocycles. The van der Waals surface area contributed by atoms with Gasteiger partial charge in [0.2, 0.25) is 0 Å². The second kappa shape index (κ2) is 5.92. The molecule has 1 heterocycles. The van der Waals surface area contributed by atoms with Crippen molar-refractivity contribution in [2.24, 2.45) is 16.6 Å². The van der Waals surface area contributed by atoms with E-state index in [0.717, 1.165) is 6.54 Å². The monoisotopic (exact) mass is 252 g/mol. The van der Waals surface area contributed by atoms with E-state index in [2.05, 4.69) is 18.7 Å². The fourth-order valence-corrected chi connectivity index (χ4v) is 4.19. The third-order valence-corrected chi connectivity index (χ3v) is 5.92. The summed E-state index contributed by atoms with van der Waals surface area (Å²) in [4.78, 5) is 2.73. The Labute approximate surface area is 113 Å². The van der Waals surface area contributed by atoms with Gasteiger partial charge >= 0.3 is 0 Å². The SMILES string of the molecule is CCC1(CC)CCN(CC2(CN)CCCCC2)C1. The fraction of sp³-hybridized carbons (Fsp3) is 1.00. The lowest BCUT2D eigenvalue weighted by molar-refractivity contribution is 0.116. The summed E-state index contributed by atoms with van der Waals surface area (Å²) >= 11 is 0. The first-order chi connectivity index (χ1) is 8.67. The zero-order valence-corrected chi connectivity index (χ0v) is 12.5. The Hall–Kier alpha value is -0.0800. The largest absolute Gasteiger partial charge is 0.330 e. The van der Waals surface area contributed by atoms with Crippen molar-refractivity contribution in [3.63, 3.8) is 0 Å². The van der Waals surface area contributed by atoms with Crippen molar-refractivity contribution < 1.29 is 0 Å². The van der Waals surface area contributed by atoms with Gasteiger partial charge in [0.05, 0.1) is 0 Å². The summed E-state index contributed by atoms with van der Waals surface area (Å²) in [5, 5.41) is 0. The van der Waals surface area contributed by atoms with Gasteiger partial charge in [-0.1, -0.05) is 33.1 Å². The van der Waals surface area contributed by atoms with Gasteiger partial charge in [-0.3, -0.25) is 0 Å². The quantitative estimate of drug-likeness (QED) is 0.812. The van der Waals surface area contributed by atoms with Crippen LogP contribution in [0.15, 0.2) is 0 Å². The molecule has 0 unspecified atom stereocenters. The maximum atomic E-state index is 6.12. The minimum atomic E-state index is 0.454. The maximum absolute atomic E-state index is 6.12. The standard InChI is InChI=1S/C16H32N2/c1-3-15(4-2)10-11-18(13-15)14-16(12-17)8-6-5-7-9-16/h3-14,17H2,1-2H3. The van der Waals surface area contributed by atoms with E-state index in [1.807, 2.05) is 0 Å². The predicted octanol–water partition coefficient (Wildman–Crippen LogP) is 3.41. The van der Waals surface area contributed by atoms with E-state index < -0.39 is 0 Å². The Morgan fingerprint density at radius 2 is 1.61 bits per heavy atom. The minimum absolute atomic E-state index is 0.454. The molecule has 0 aromatic carbocycles. The van der Waals surface area contributed by atoms with Crippen molar-refractivity contribution in [2.45, 2.75) is 65.2 Å². The van der Waals surface area contributed by atoms with Crippen molar-refractivity contribution in [3.05, 3.63) is 0 Å². The Morgan fingerprint density at radius 1 is 0.944 bits per heavy atom. The number of rotatable bonds is 5. The van der Waals surface area contributed by atoms with Crippen LogP contribution in [0.2, 0.25) is 0 Å². The van der Waals surface area contributed by atoms with Crippen LogP contribution in [0.4, 0.5) is 0 Å². The summed E-state index contributed by atoms with van der Waals surface area (Å²) in [5.74, 6) is 0. The normalized spacial score (nSPS) is 27.5. The summed E-state index contributed by atoms with van der Waals surface area (Å²) in [6.45, 7) is 9.53. The highest BCUT2D eigenvalue weighted by Crippen LogP contribution is 2.41. The van der Waals surface area contributed by atoms with Gasteiger partial charge in [-0.2, -0.15) is 0 Å². The average molecular weight is 252 g/mol. The number of hydrogen-bond acceptors (Lipinski definition) is 2. The first-order valence-corrected chi connectivity index (χ1v) is 8.10. The molecular formula is C16H32N2. The van der Waals surface area contributed by atoms with Crippen LogP contribution in [0.25, 0.3) is 0 Å². The molecule has 1 aliphatic carbocycles. The van der Waals surface area contributed by atoms with Gasteiger partial charge in [-0.15, -0.1) is 0 Å². The Morgan fingerprint density at radius 3 is 2.11 bits per heavy atom. The highest BCUT2D eigenvalue weighted by Gasteiger charge is 2.39. The van der Waals surface area contributed by atoms with Crippen molar-refractivity contribution in [3.8, 4) is 0 Å². The lowest BCUT2D eigenvalue weighted by atomic mass is 9.73. The van der Waals surface area contributed by atoms with Crippen LogP contribution < -0.4 is 5.73 Å². The summed E-state index contributed by atoms with van der Waals surface area (Å²) < 4.78 is 0. The van der Waals surface area contributed by atoms with Crippen molar-refractivity contribution in [2.75, 3.05) is 26.2 Å². The predicted molar refractivity (Wildman–Crippen MR) is 78.6 cm³/mol. The Kier molecular flexibility index (Phi) is 4.71. The van der Waals surface area contributed by atoms with Crippen LogP contribution in [0, 0.1) is 10.8 Å². The van der Waals surface area contributed by atoms with Gasteiger partial charge in [-0.25, -0.2) is 0 Å². The van der Waals surface area contributed by atoms with Crippen LogP contribution in [0.1, 0.15) is 65.2 Å². The van der Waals surface area contributed by atoms with Gasteiger partial charge in [0.25, 0.3) is 0 Å². The molecule has 0 aromatic rings. The smallest absolute Gasteiger partial charge is 0.00503 e. The third-order valence-electron chi connectivity index (χ3n) is 5.92. The van der Waals surface area contributed by atoms with Gasteiger partial charge in [-0.05, 0) is 56.0 Å². The van der Waals surface area contributed by atoms with Crippen LogP contribution in [0.3, 0.4) is 0 Å². The van der Waals surface area contributed by atoms with Crippen molar-refractivity contribution >= 4 is 0 Å². The molecule has 18 heavy (non-hydrogen) atoms. The van der Waals surface area contributed by atoms with Gasteiger partial charge in [0.1, 0.15) is 0 Å². The molecule has 106 valence electrons. The third kappa shape index (κ3) is 2.91. The fourth-order valence-electron chi connectivity index (χ4n) is 4.19. The molecule has 0 atom stereocenters. The number of nitrogens with zero attached hydrogens (tertiary/aromatic N) is 1. The maximum Gasteiger partial charge on any atom is 0.00503 e. The molecule has 1 saturated carbocycles. The van der Waals surface area contributed by atoms with E-state index in [1.165, 1.54) is 71.0 Å². The second-order valence-corrected chi connectivity index (χ2v) is 6.93. The van der Waals surface area contributed by atoms with Gasteiger partial charge in [0, 0.05) is 13.1 Å². The first-order valence-electron chi connectivity index (χ1n) is 8.10. The van der Waals surface area contributed by atoms with E-state index in [0.29, 0.717) is 10.8 Å². The Balaban J connectivity index is 1.93. The van der Waals surface area contributed by atoms with Gasteiger partial charge in [0.15, 0.2) is 0 Å². The second-order valence-electron chi connectivity index (χ2n) is 6.93. The molecule has 0 aromatic heterocycles. The summed E-state index contributed by atoms with van der Waals surface area (Å²) in [6.07, 6.45) is 11.0. The Bertz CT molecular complexity index is 252. The van der Waals surface area contributed by atoms with Crippen LogP contribution in [-0.2, 0) is 0 Å². The molecule has 2 nitrogen and oxygen atoms in total. The molecular weight excluding hydrogens is 220 g/mol. The molecule has 0 spiro atoms. The molecule has 2 heteroatoms. The zero-order valence-electron chi connectivity index (χ0n) is 12.5. The first kappa shape index (κ1) is 14.3. The number of nitrogens with two attached hydrogens (primary N) is 1. The molecule has 1 aliphatic heterocycles. The summed E-state index contributed by atoms with van der Waals surface area (Å²) in [7, 11) is 0. The molecule has 0 radical (unpaired) electrons. The molecule has 2 aliphatic rings. The van der Waals surface area contributed by atoms with E-state index in [-0.39, 0.29) is 0 Å². The zero-order chi connectivity index (χ0) is 13.1.